The Morgan fingerprint density at radius 1 is 0.486 bits per heavy atom. The molecule has 586 valence electrons. The third-order valence-corrected chi connectivity index (χ3v) is 26.6. The fraction of sp³-hybridized carbons (Fsp3) is 0.391. The van der Waals surface area contributed by atoms with Crippen molar-refractivity contribution in [2.45, 2.75) is 36.3 Å². The van der Waals surface area contributed by atoms with Crippen molar-refractivity contribution in [3.05, 3.63) is 187 Å². The number of nitrogens with zero attached hydrogens (tertiary/aromatic N) is 12. The van der Waals surface area contributed by atoms with Crippen LogP contribution in [0.2, 0.25) is 15.1 Å². The molecule has 6 fully saturated rings. The van der Waals surface area contributed by atoms with E-state index in [2.05, 4.69) is 59.8 Å². The molecule has 31 nitrogen and oxygen atoms in total. The quantitative estimate of drug-likeness (QED) is 0.0475. The molecule has 0 radical (unpaired) electrons. The minimum Gasteiger partial charge on any atom is -0.466 e. The van der Waals surface area contributed by atoms with Crippen molar-refractivity contribution in [3.8, 4) is 0 Å². The van der Waals surface area contributed by atoms with Crippen molar-refractivity contribution in [2.75, 3.05) is 126 Å². The Hall–Kier alpha value is -7.02. The number of methoxy groups -OCH3 is 3. The Bertz CT molecular complexity index is 4460. The third kappa shape index (κ3) is 18.7. The van der Waals surface area contributed by atoms with Gasteiger partial charge in [-0.15, -0.1) is 34.0 Å². The summed E-state index contributed by atoms with van der Waals surface area (Å²) in [6.07, 6.45) is 6.32. The second kappa shape index (κ2) is 35.8. The molecule has 6 saturated heterocycles. The molecule has 1 unspecified atom stereocenters. The molecule has 6 aromatic rings. The number of hydrogen-bond acceptors (Lipinski definition) is 28. The summed E-state index contributed by atoms with van der Waals surface area (Å²) in [4.78, 5) is 72.4. The molecule has 9 aliphatic rings. The molecule has 8 N–H and O–H groups in total. The number of carbonyl (C=O) groups is 3. The molecule has 45 heteroatoms. The van der Waals surface area contributed by atoms with Gasteiger partial charge in [0.1, 0.15) is 35.6 Å². The number of carbonyl (C=O) groups excluding carboxylic acids is 3. The molecule has 0 bridgehead atoms. The summed E-state index contributed by atoms with van der Waals surface area (Å²) < 4.78 is 152. The first-order valence-electron chi connectivity index (χ1n) is 32.9. The van der Waals surface area contributed by atoms with Crippen LogP contribution in [0.5, 0.6) is 0 Å². The number of amidine groups is 3. The number of ether oxygens (including phenoxy) is 3. The Kier molecular flexibility index (Phi) is 27.2. The highest BCUT2D eigenvalue weighted by Gasteiger charge is 2.46. The van der Waals surface area contributed by atoms with E-state index in [-0.39, 0.29) is 67.5 Å². The molecule has 9 aliphatic heterocycles. The number of nitrogens with one attached hydrogen (secondary N) is 6. The van der Waals surface area contributed by atoms with E-state index >= 15 is 0 Å². The number of rotatable bonds is 15. The van der Waals surface area contributed by atoms with Crippen LogP contribution in [0.3, 0.4) is 0 Å². The van der Waals surface area contributed by atoms with Gasteiger partial charge in [-0.1, -0.05) is 53.0 Å². The van der Waals surface area contributed by atoms with Gasteiger partial charge in [-0.25, -0.2) is 56.7 Å². The van der Waals surface area contributed by atoms with Gasteiger partial charge in [0.2, 0.25) is 0 Å². The van der Waals surface area contributed by atoms with E-state index in [0.29, 0.717) is 164 Å². The van der Waals surface area contributed by atoms with E-state index in [0.717, 1.165) is 0 Å². The molecule has 109 heavy (non-hydrogen) atoms. The fourth-order valence-corrected chi connectivity index (χ4v) is 20.4. The van der Waals surface area contributed by atoms with Gasteiger partial charge in [-0.3, -0.25) is 29.7 Å². The maximum Gasteiger partial charge on any atom is 0.338 e. The van der Waals surface area contributed by atoms with Crippen molar-refractivity contribution in [1.29, 1.82) is 0 Å². The van der Waals surface area contributed by atoms with E-state index in [4.69, 9.17) is 64.0 Å². The first-order valence-corrected chi connectivity index (χ1v) is 42.1. The predicted molar refractivity (Wildman–Crippen MR) is 405 cm³/mol. The first kappa shape index (κ1) is 82.9. The molecular formula is C64H71Cl3F4N18O13S7. The number of aliphatic imine (C=N–C) groups is 3. The first-order chi connectivity index (χ1) is 51.7. The van der Waals surface area contributed by atoms with Crippen LogP contribution in [0.15, 0.2) is 138 Å². The summed E-state index contributed by atoms with van der Waals surface area (Å²) in [7, 11) is -6.47. The summed E-state index contributed by atoms with van der Waals surface area (Å²) in [6.45, 7) is 5.81. The monoisotopic (exact) mass is 1700 g/mol. The minimum atomic E-state index is -3.44. The standard InChI is InChI=1S/3C21H22ClFN6O4S2.CH3FS.H2O/c3*1-33-21(30)17-16(11-28-5-6-29-13(10-28)9-25-35(29,31)32)26-19(20-24-4-7-34-20)27-18(17)14-3-2-12(23)8-15(14)22;1-3-2;/h3*2-4,7-8,13,18,25H,5-6,9-11H2,1H3,(H,26,27);1H3;1H2/t13?,18-;13-,18+;13-,18-;;/m010../s1. The molecule has 15 rings (SSSR count). The van der Waals surface area contributed by atoms with Crippen LogP contribution in [-0.4, -0.2) is 253 Å². The van der Waals surface area contributed by atoms with E-state index < -0.39 is 84.1 Å². The van der Waals surface area contributed by atoms with Crippen molar-refractivity contribution in [3.63, 3.8) is 0 Å². The van der Waals surface area contributed by atoms with E-state index in [1.54, 1.807) is 18.6 Å². The van der Waals surface area contributed by atoms with Gasteiger partial charge >= 0.3 is 17.9 Å². The topological polar surface area (TPSA) is 380 Å². The second-order valence-electron chi connectivity index (χ2n) is 24.9. The van der Waals surface area contributed by atoms with Crippen LogP contribution in [-0.2, 0) is 59.2 Å². The highest BCUT2D eigenvalue weighted by molar-refractivity contribution is 7.93. The zero-order valence-electron chi connectivity index (χ0n) is 58.0. The number of fused-ring (bicyclic) bond motifs is 3. The van der Waals surface area contributed by atoms with Crippen LogP contribution >= 0.6 is 81.0 Å². The summed E-state index contributed by atoms with van der Waals surface area (Å²) >= 11 is 23.5. The Morgan fingerprint density at radius 3 is 0.982 bits per heavy atom. The highest BCUT2D eigenvalue weighted by atomic mass is 35.5. The maximum absolute atomic E-state index is 13.8. The molecule has 0 saturated carbocycles. The average Bonchev–Trinajstić information content (AvgIpc) is 1.28. The van der Waals surface area contributed by atoms with Crippen LogP contribution < -0.4 is 30.1 Å². The van der Waals surface area contributed by atoms with E-state index in [1.165, 1.54) is 129 Å². The Morgan fingerprint density at radius 2 is 0.752 bits per heavy atom. The zero-order chi connectivity index (χ0) is 76.9. The van der Waals surface area contributed by atoms with Crippen molar-refractivity contribution in [2.24, 2.45) is 15.0 Å². The van der Waals surface area contributed by atoms with Gasteiger partial charge in [-0.05, 0) is 36.4 Å². The summed E-state index contributed by atoms with van der Waals surface area (Å²) in [6, 6.07) is 8.71. The predicted octanol–water partition coefficient (Wildman–Crippen LogP) is 4.27. The third-order valence-electron chi connectivity index (χ3n) is 18.4. The Labute approximate surface area is 655 Å². The lowest BCUT2D eigenvalue weighted by atomic mass is 9.95. The van der Waals surface area contributed by atoms with Crippen molar-refractivity contribution in [1.82, 2.24) is 72.7 Å². The van der Waals surface area contributed by atoms with Crippen LogP contribution in [0.1, 0.15) is 49.8 Å². The average molecular weight is 1710 g/mol. The smallest absolute Gasteiger partial charge is 0.338 e. The molecular weight excluding hydrogens is 1640 g/mol. The lowest BCUT2D eigenvalue weighted by Gasteiger charge is -2.37. The highest BCUT2D eigenvalue weighted by Crippen LogP contribution is 2.41. The Balaban J connectivity index is 0.000000159. The van der Waals surface area contributed by atoms with Crippen LogP contribution in [0.25, 0.3) is 0 Å². The molecule has 0 aliphatic carbocycles. The number of halogens is 7. The molecule has 12 heterocycles. The fourth-order valence-electron chi connectivity index (χ4n) is 13.5. The van der Waals surface area contributed by atoms with Gasteiger partial charge in [0.25, 0.3) is 30.6 Å². The normalized spacial score (nSPS) is 23.9. The van der Waals surface area contributed by atoms with Gasteiger partial charge in [-0.2, -0.15) is 42.1 Å². The second-order valence-corrected chi connectivity index (χ2v) is 34.2. The maximum atomic E-state index is 13.8. The largest absolute Gasteiger partial charge is 0.466 e. The van der Waals surface area contributed by atoms with E-state index in [1.807, 2.05) is 16.1 Å². The SMILES string of the molecule is COC(=O)C1=C(CN2CCN3C(CNS3(=O)=O)C2)NC(c2nccs2)=N[C@H]1c1ccc(F)cc1Cl.COC(=O)C1=C(CN2CCN3[C@@H](CNS3(=O)=O)C2)NC(c2nccs2)=N[C@H]1c1ccc(F)cc1Cl.COC(=O)C1=C(CN2CCN3[C@H](CNS3(=O)=O)C2)NC(c2nccs2)=N[C@H]1c1ccc(F)cc1Cl.CSF.O. The number of hydrogen-bond donors (Lipinski definition) is 6. The zero-order valence-corrected chi connectivity index (χ0v) is 66.0. The number of benzene rings is 3. The molecule has 3 aromatic carbocycles. The summed E-state index contributed by atoms with van der Waals surface area (Å²) in [5.74, 6) is -1.92. The van der Waals surface area contributed by atoms with E-state index in [9.17, 15) is 56.7 Å². The summed E-state index contributed by atoms with van der Waals surface area (Å²) in [5.41, 5.74) is 3.76. The number of thiazole rings is 3. The van der Waals surface area contributed by atoms with Crippen molar-refractivity contribution >= 4 is 147 Å². The summed E-state index contributed by atoms with van der Waals surface area (Å²) in [5, 5.41) is 17.4. The number of esters is 3. The van der Waals surface area contributed by atoms with Gasteiger partial charge < -0.3 is 35.6 Å². The van der Waals surface area contributed by atoms with Crippen LogP contribution in [0, 0.1) is 17.5 Å². The van der Waals surface area contributed by atoms with Gasteiger partial charge in [0.05, 0.1) is 56.2 Å². The lowest BCUT2D eigenvalue weighted by molar-refractivity contribution is -0.137. The molecule has 6 atom stereocenters. The van der Waals surface area contributed by atoms with Gasteiger partial charge in [0, 0.05) is 200 Å². The van der Waals surface area contributed by atoms with Crippen molar-refractivity contribution < 1.29 is 76.4 Å². The molecule has 0 amide bonds. The molecule has 0 spiro atoms. The minimum absolute atomic E-state index is 0. The molecule has 3 aromatic heterocycles. The number of aromatic nitrogens is 3. The van der Waals surface area contributed by atoms with Gasteiger partial charge in [0.15, 0.2) is 32.5 Å². The number of piperazine rings is 3. The van der Waals surface area contributed by atoms with Crippen LogP contribution in [0.4, 0.5) is 17.1 Å². The lowest BCUT2D eigenvalue weighted by Crippen LogP contribution is -2.53.